The van der Waals surface area contributed by atoms with E-state index < -0.39 is 8.53 Å². The summed E-state index contributed by atoms with van der Waals surface area (Å²) < 4.78 is 9.95. The largest absolute Gasteiger partial charge is 0.289 e. The van der Waals surface area contributed by atoms with Gasteiger partial charge in [-0.15, -0.1) is 0 Å². The van der Waals surface area contributed by atoms with Crippen molar-refractivity contribution in [1.29, 1.82) is 0 Å². The van der Waals surface area contributed by atoms with Crippen molar-refractivity contribution in [1.82, 2.24) is 10.1 Å². The molecule has 0 aromatic heterocycles. The number of nitrogens with two attached hydrogens (primary N) is 1. The molecule has 0 saturated heterocycles. The van der Waals surface area contributed by atoms with Gasteiger partial charge in [-0.2, -0.15) is 10.1 Å². The van der Waals surface area contributed by atoms with Crippen LogP contribution in [0.25, 0.3) is 0 Å². The third-order valence-electron chi connectivity index (χ3n) is 0.488. The van der Waals surface area contributed by atoms with Crippen LogP contribution in [0, 0.1) is 0 Å². The van der Waals surface area contributed by atoms with E-state index in [9.17, 15) is 0 Å². The van der Waals surface area contributed by atoms with Gasteiger partial charge in [0.25, 0.3) is 8.53 Å². The van der Waals surface area contributed by atoms with Crippen LogP contribution in [0.3, 0.4) is 0 Å². The predicted octanol–water partition coefficient (Wildman–Crippen LogP) is 0.158. The van der Waals surface area contributed by atoms with Gasteiger partial charge in [-0.1, -0.05) is 0 Å². The van der Waals surface area contributed by atoms with E-state index in [-0.39, 0.29) is 0 Å². The van der Waals surface area contributed by atoms with Crippen LogP contribution in [0.4, 0.5) is 0 Å². The average molecular weight is 167 g/mol. The standard InChI is InChI=1S/C4H14N3O2P/c1-6(2)8-10(5)9-7(3)4/h5H2,1-4H3. The zero-order chi connectivity index (χ0) is 8.15. The molecular formula is C4H14N3O2P. The summed E-state index contributed by atoms with van der Waals surface area (Å²) in [6.45, 7) is 0. The first-order valence-electron chi connectivity index (χ1n) is 2.78. The summed E-state index contributed by atoms with van der Waals surface area (Å²) >= 11 is 0. The Morgan fingerprint density at radius 1 is 1.00 bits per heavy atom. The molecule has 0 aromatic carbocycles. The lowest BCUT2D eigenvalue weighted by molar-refractivity contribution is -0.0599. The SMILES string of the molecule is CN(C)OP(N)ON(C)C. The summed E-state index contributed by atoms with van der Waals surface area (Å²) in [6.07, 6.45) is 0. The van der Waals surface area contributed by atoms with Gasteiger partial charge >= 0.3 is 0 Å². The van der Waals surface area contributed by atoms with E-state index in [0.717, 1.165) is 0 Å². The molecule has 0 unspecified atom stereocenters. The van der Waals surface area contributed by atoms with Gasteiger partial charge in [0.15, 0.2) is 0 Å². The molecule has 6 heteroatoms. The Kier molecular flexibility index (Phi) is 5.07. The highest BCUT2D eigenvalue weighted by Crippen LogP contribution is 2.28. The molecule has 0 aliphatic rings. The summed E-state index contributed by atoms with van der Waals surface area (Å²) in [5.41, 5.74) is 5.41. The maximum atomic E-state index is 5.41. The van der Waals surface area contributed by atoms with Crippen LogP contribution in [0.5, 0.6) is 0 Å². The van der Waals surface area contributed by atoms with Crippen molar-refractivity contribution in [2.75, 3.05) is 28.2 Å². The smallest absolute Gasteiger partial charge is 0.262 e. The van der Waals surface area contributed by atoms with E-state index in [4.69, 9.17) is 14.8 Å². The molecule has 0 aliphatic heterocycles. The fourth-order valence-electron chi connectivity index (χ4n) is 0.337. The van der Waals surface area contributed by atoms with Crippen LogP contribution < -0.4 is 5.50 Å². The highest BCUT2D eigenvalue weighted by Gasteiger charge is 2.06. The monoisotopic (exact) mass is 167 g/mol. The molecule has 2 N–H and O–H groups in total. The number of rotatable bonds is 4. The first-order valence-corrected chi connectivity index (χ1v) is 4.02. The van der Waals surface area contributed by atoms with E-state index in [1.807, 2.05) is 0 Å². The molecule has 0 rings (SSSR count). The number of nitrogens with zero attached hydrogens (tertiary/aromatic N) is 2. The van der Waals surface area contributed by atoms with Gasteiger partial charge < -0.3 is 0 Å². The normalized spacial score (nSPS) is 12.0. The molecule has 0 aliphatic carbocycles. The van der Waals surface area contributed by atoms with Crippen molar-refractivity contribution >= 4 is 8.53 Å². The summed E-state index contributed by atoms with van der Waals surface area (Å²) in [5, 5.41) is 3.02. The molecule has 0 heterocycles. The lowest BCUT2D eigenvalue weighted by atomic mass is 11.2. The van der Waals surface area contributed by atoms with Crippen molar-refractivity contribution in [3.05, 3.63) is 0 Å². The molecule has 0 atom stereocenters. The summed E-state index contributed by atoms with van der Waals surface area (Å²) in [7, 11) is 5.70. The molecule has 5 nitrogen and oxygen atoms in total. The van der Waals surface area contributed by atoms with Crippen molar-refractivity contribution < 1.29 is 9.25 Å². The molecule has 0 fully saturated rings. The lowest BCUT2D eigenvalue weighted by Crippen LogP contribution is -2.17. The highest BCUT2D eigenvalue weighted by molar-refractivity contribution is 7.44. The Morgan fingerprint density at radius 3 is 1.50 bits per heavy atom. The molecule has 0 saturated carbocycles. The van der Waals surface area contributed by atoms with Crippen LogP contribution in [-0.2, 0) is 9.25 Å². The maximum Gasteiger partial charge on any atom is 0.289 e. The summed E-state index contributed by atoms with van der Waals surface area (Å²) in [4.78, 5) is 0. The second-order valence-corrected chi connectivity index (χ2v) is 2.97. The second kappa shape index (κ2) is 4.96. The van der Waals surface area contributed by atoms with Crippen molar-refractivity contribution in [2.45, 2.75) is 0 Å². The predicted molar refractivity (Wildman–Crippen MR) is 40.7 cm³/mol. The molecule has 0 amide bonds. The van der Waals surface area contributed by atoms with E-state index in [1.54, 1.807) is 28.2 Å². The quantitative estimate of drug-likeness (QED) is 0.477. The third kappa shape index (κ3) is 6.35. The Balaban J connectivity index is 3.34. The van der Waals surface area contributed by atoms with Gasteiger partial charge in [-0.3, -0.25) is 5.50 Å². The topological polar surface area (TPSA) is 51.0 Å². The average Bonchev–Trinajstić information content (AvgIpc) is 1.58. The van der Waals surface area contributed by atoms with Crippen LogP contribution >= 0.6 is 8.53 Å². The van der Waals surface area contributed by atoms with Crippen molar-refractivity contribution in [2.24, 2.45) is 5.50 Å². The van der Waals surface area contributed by atoms with Crippen LogP contribution in [0.15, 0.2) is 0 Å². The Hall–Kier alpha value is 0.230. The zero-order valence-electron chi connectivity index (χ0n) is 6.74. The van der Waals surface area contributed by atoms with Crippen LogP contribution in [0.1, 0.15) is 0 Å². The second-order valence-electron chi connectivity index (χ2n) is 2.07. The Morgan fingerprint density at radius 2 is 1.30 bits per heavy atom. The van der Waals surface area contributed by atoms with E-state index >= 15 is 0 Å². The first kappa shape index (κ1) is 10.2. The lowest BCUT2D eigenvalue weighted by Gasteiger charge is -2.18. The maximum absolute atomic E-state index is 5.41. The van der Waals surface area contributed by atoms with Gasteiger partial charge in [0.1, 0.15) is 0 Å². The molecule has 0 bridgehead atoms. The molecule has 0 aromatic rings. The zero-order valence-corrected chi connectivity index (χ0v) is 7.63. The van der Waals surface area contributed by atoms with E-state index in [2.05, 4.69) is 0 Å². The summed E-state index contributed by atoms with van der Waals surface area (Å²) in [6, 6.07) is 0. The molecule has 0 spiro atoms. The van der Waals surface area contributed by atoms with Crippen molar-refractivity contribution in [3.63, 3.8) is 0 Å². The number of hydroxylamine groups is 4. The van der Waals surface area contributed by atoms with Gasteiger partial charge in [0.2, 0.25) is 0 Å². The molecule has 62 valence electrons. The van der Waals surface area contributed by atoms with E-state index in [0.29, 0.717) is 0 Å². The van der Waals surface area contributed by atoms with Gasteiger partial charge in [-0.05, 0) is 0 Å². The van der Waals surface area contributed by atoms with Gasteiger partial charge in [0.05, 0.1) is 0 Å². The molecular weight excluding hydrogens is 153 g/mol. The fourth-order valence-corrected chi connectivity index (χ4v) is 1.01. The minimum absolute atomic E-state index is 1.31. The van der Waals surface area contributed by atoms with Gasteiger partial charge in [0, 0.05) is 28.2 Å². The Bertz CT molecular complexity index is 80.6. The highest BCUT2D eigenvalue weighted by atomic mass is 31.2. The van der Waals surface area contributed by atoms with Crippen LogP contribution in [-0.4, -0.2) is 38.3 Å². The van der Waals surface area contributed by atoms with Gasteiger partial charge in [-0.25, -0.2) is 9.25 Å². The minimum atomic E-state index is -1.31. The fraction of sp³-hybridized carbons (Fsp3) is 1.00. The molecule has 0 radical (unpaired) electrons. The Labute approximate surface area is 62.6 Å². The van der Waals surface area contributed by atoms with Crippen LogP contribution in [0.2, 0.25) is 0 Å². The number of hydrogen-bond donors (Lipinski definition) is 1. The first-order chi connectivity index (χ1) is 4.52. The number of hydrogen-bond acceptors (Lipinski definition) is 5. The van der Waals surface area contributed by atoms with Crippen molar-refractivity contribution in [3.8, 4) is 0 Å². The third-order valence-corrected chi connectivity index (χ3v) is 1.46. The van der Waals surface area contributed by atoms with E-state index in [1.165, 1.54) is 10.1 Å². The minimum Gasteiger partial charge on any atom is -0.262 e. The summed E-state index contributed by atoms with van der Waals surface area (Å²) in [5.74, 6) is 0. The molecule has 10 heavy (non-hydrogen) atoms.